The van der Waals surface area contributed by atoms with E-state index in [0.29, 0.717) is 6.54 Å². The van der Waals surface area contributed by atoms with Crippen molar-refractivity contribution < 1.29 is 19.4 Å². The molecule has 1 saturated heterocycles. The number of nitrogens with zero attached hydrogens (tertiary/aromatic N) is 1. The largest absolute Gasteiger partial charge is 0.480 e. The van der Waals surface area contributed by atoms with Crippen LogP contribution in [0.2, 0.25) is 0 Å². The van der Waals surface area contributed by atoms with Crippen LogP contribution in [-0.4, -0.2) is 40.3 Å². The first-order chi connectivity index (χ1) is 8.25. The quantitative estimate of drug-likeness (QED) is 0.780. The molecule has 1 atom stereocenters. The van der Waals surface area contributed by atoms with E-state index >= 15 is 0 Å². The number of hydrogen-bond acceptors (Lipinski definition) is 3. The molecule has 5 heteroatoms. The van der Waals surface area contributed by atoms with E-state index in [1.807, 2.05) is 0 Å². The predicted octanol–water partition coefficient (Wildman–Crippen LogP) is 2.25. The van der Waals surface area contributed by atoms with Gasteiger partial charge in [-0.25, -0.2) is 9.59 Å². The van der Waals surface area contributed by atoms with Crippen molar-refractivity contribution in [3.63, 3.8) is 0 Å². The average Bonchev–Trinajstić information content (AvgIpc) is 2.60. The highest BCUT2D eigenvalue weighted by Gasteiger charge is 2.59. The van der Waals surface area contributed by atoms with Gasteiger partial charge in [0.25, 0.3) is 0 Å². The molecule has 1 saturated carbocycles. The maximum atomic E-state index is 11.9. The molecule has 2 aliphatic rings. The van der Waals surface area contributed by atoms with Crippen LogP contribution in [0.5, 0.6) is 0 Å². The highest BCUT2D eigenvalue weighted by molar-refractivity contribution is 5.83. The Balaban J connectivity index is 2.07. The van der Waals surface area contributed by atoms with Crippen LogP contribution in [0.3, 0.4) is 0 Å². The Labute approximate surface area is 107 Å². The number of amides is 1. The van der Waals surface area contributed by atoms with Crippen LogP contribution in [0.1, 0.15) is 46.5 Å². The number of carboxylic acid groups (broad SMARTS) is 1. The molecule has 102 valence electrons. The molecule has 1 aliphatic carbocycles. The number of carboxylic acids is 1. The molecule has 2 rings (SSSR count). The molecule has 0 radical (unpaired) electrons. The molecular formula is C13H21NO4. The van der Waals surface area contributed by atoms with Crippen LogP contribution >= 0.6 is 0 Å². The predicted molar refractivity (Wildman–Crippen MR) is 65.3 cm³/mol. The molecule has 1 amide bonds. The zero-order chi connectivity index (χ0) is 13.6. The van der Waals surface area contributed by atoms with Gasteiger partial charge in [-0.2, -0.15) is 0 Å². The van der Waals surface area contributed by atoms with Gasteiger partial charge in [-0.05, 0) is 33.6 Å². The number of carbonyl (C=O) groups is 2. The fourth-order valence-corrected chi connectivity index (χ4v) is 3.13. The summed E-state index contributed by atoms with van der Waals surface area (Å²) in [5.74, 6) is -0.908. The maximum absolute atomic E-state index is 11.9. The second-order valence-corrected chi connectivity index (χ2v) is 6.42. The third-order valence-electron chi connectivity index (χ3n) is 3.84. The summed E-state index contributed by atoms with van der Waals surface area (Å²) in [6.45, 7) is 5.88. The molecule has 0 bridgehead atoms. The standard InChI is InChI=1S/C13H21NO4/c1-12(2,3)18-11(17)14-8-13(6-4-5-7-13)9(14)10(15)16/h9H,4-8H2,1-3H3,(H,15,16)/t9-/m0/s1. The summed E-state index contributed by atoms with van der Waals surface area (Å²) in [6, 6.07) is -0.699. The van der Waals surface area contributed by atoms with E-state index in [1.54, 1.807) is 20.8 Å². The highest BCUT2D eigenvalue weighted by atomic mass is 16.6. The number of hydrogen-bond donors (Lipinski definition) is 1. The van der Waals surface area contributed by atoms with E-state index in [1.165, 1.54) is 4.90 Å². The normalized spacial score (nSPS) is 25.9. The average molecular weight is 255 g/mol. The summed E-state index contributed by atoms with van der Waals surface area (Å²) in [4.78, 5) is 24.7. The van der Waals surface area contributed by atoms with Gasteiger partial charge in [-0.3, -0.25) is 4.90 Å². The molecule has 1 aliphatic heterocycles. The van der Waals surface area contributed by atoms with E-state index in [4.69, 9.17) is 4.74 Å². The minimum absolute atomic E-state index is 0.192. The molecule has 0 aromatic rings. The molecule has 0 aromatic heterocycles. The number of aliphatic carboxylic acids is 1. The molecule has 1 heterocycles. The molecule has 0 aromatic carbocycles. The molecule has 2 fully saturated rings. The first-order valence-corrected chi connectivity index (χ1v) is 6.48. The van der Waals surface area contributed by atoms with Crippen molar-refractivity contribution in [3.05, 3.63) is 0 Å². The number of rotatable bonds is 1. The van der Waals surface area contributed by atoms with Crippen LogP contribution in [0, 0.1) is 5.41 Å². The van der Waals surface area contributed by atoms with Gasteiger partial charge in [0.1, 0.15) is 11.6 Å². The van der Waals surface area contributed by atoms with Crippen LogP contribution < -0.4 is 0 Å². The Morgan fingerprint density at radius 2 is 1.83 bits per heavy atom. The lowest BCUT2D eigenvalue weighted by atomic mass is 9.70. The van der Waals surface area contributed by atoms with E-state index in [2.05, 4.69) is 0 Å². The maximum Gasteiger partial charge on any atom is 0.411 e. The van der Waals surface area contributed by atoms with Crippen molar-refractivity contribution in [1.29, 1.82) is 0 Å². The van der Waals surface area contributed by atoms with Gasteiger partial charge >= 0.3 is 12.1 Å². The Kier molecular flexibility index (Phi) is 3.03. The van der Waals surface area contributed by atoms with E-state index in [-0.39, 0.29) is 5.41 Å². The van der Waals surface area contributed by atoms with Crippen LogP contribution in [0.4, 0.5) is 4.79 Å². The molecule has 1 N–H and O–H groups in total. The lowest BCUT2D eigenvalue weighted by Crippen LogP contribution is -2.68. The van der Waals surface area contributed by atoms with Gasteiger partial charge < -0.3 is 9.84 Å². The summed E-state index contributed by atoms with van der Waals surface area (Å²) < 4.78 is 5.25. The monoisotopic (exact) mass is 255 g/mol. The first kappa shape index (κ1) is 13.2. The Morgan fingerprint density at radius 1 is 1.28 bits per heavy atom. The van der Waals surface area contributed by atoms with Gasteiger partial charge in [0.05, 0.1) is 0 Å². The fourth-order valence-electron chi connectivity index (χ4n) is 3.13. The fraction of sp³-hybridized carbons (Fsp3) is 0.846. The lowest BCUT2D eigenvalue weighted by molar-refractivity contribution is -0.162. The van der Waals surface area contributed by atoms with Crippen molar-refractivity contribution in [2.75, 3.05) is 6.54 Å². The minimum Gasteiger partial charge on any atom is -0.480 e. The van der Waals surface area contributed by atoms with Crippen molar-refractivity contribution in [2.24, 2.45) is 5.41 Å². The lowest BCUT2D eigenvalue weighted by Gasteiger charge is -2.53. The topological polar surface area (TPSA) is 66.8 Å². The smallest absolute Gasteiger partial charge is 0.411 e. The second kappa shape index (κ2) is 4.14. The Bertz CT molecular complexity index is 366. The van der Waals surface area contributed by atoms with Crippen molar-refractivity contribution in [3.8, 4) is 0 Å². The molecular weight excluding hydrogens is 234 g/mol. The summed E-state index contributed by atoms with van der Waals surface area (Å²) in [6.07, 6.45) is 3.43. The Morgan fingerprint density at radius 3 is 2.28 bits per heavy atom. The van der Waals surface area contributed by atoms with E-state index < -0.39 is 23.7 Å². The zero-order valence-corrected chi connectivity index (χ0v) is 11.2. The third-order valence-corrected chi connectivity index (χ3v) is 3.84. The van der Waals surface area contributed by atoms with E-state index in [0.717, 1.165) is 25.7 Å². The molecule has 5 nitrogen and oxygen atoms in total. The third kappa shape index (κ3) is 2.18. The van der Waals surface area contributed by atoms with Crippen molar-refractivity contribution in [2.45, 2.75) is 58.1 Å². The Hall–Kier alpha value is -1.26. The first-order valence-electron chi connectivity index (χ1n) is 6.48. The van der Waals surface area contributed by atoms with Crippen molar-refractivity contribution >= 4 is 12.1 Å². The summed E-state index contributed by atoms with van der Waals surface area (Å²) in [5, 5.41) is 9.33. The minimum atomic E-state index is -0.908. The molecule has 18 heavy (non-hydrogen) atoms. The molecule has 1 spiro atoms. The van der Waals surface area contributed by atoms with E-state index in [9.17, 15) is 14.7 Å². The van der Waals surface area contributed by atoms with Gasteiger partial charge in [-0.15, -0.1) is 0 Å². The van der Waals surface area contributed by atoms with Crippen molar-refractivity contribution in [1.82, 2.24) is 4.90 Å². The number of likely N-dealkylation sites (tertiary alicyclic amines) is 1. The summed E-state index contributed by atoms with van der Waals surface area (Å²) >= 11 is 0. The number of carbonyl (C=O) groups excluding carboxylic acids is 1. The highest BCUT2D eigenvalue weighted by Crippen LogP contribution is 2.50. The van der Waals surface area contributed by atoms with Gasteiger partial charge in [0, 0.05) is 12.0 Å². The van der Waals surface area contributed by atoms with Gasteiger partial charge in [-0.1, -0.05) is 12.8 Å². The summed E-state index contributed by atoms with van der Waals surface area (Å²) in [7, 11) is 0. The van der Waals surface area contributed by atoms with Gasteiger partial charge in [0.15, 0.2) is 0 Å². The molecule has 0 unspecified atom stereocenters. The van der Waals surface area contributed by atoms with Crippen LogP contribution in [-0.2, 0) is 9.53 Å². The van der Waals surface area contributed by atoms with Crippen LogP contribution in [0.15, 0.2) is 0 Å². The number of ether oxygens (including phenoxy) is 1. The zero-order valence-electron chi connectivity index (χ0n) is 11.2. The SMILES string of the molecule is CC(C)(C)OC(=O)N1CC2(CCCC2)[C@@H]1C(=O)O. The summed E-state index contributed by atoms with van der Waals surface area (Å²) in [5.41, 5.74) is -0.776. The van der Waals surface area contributed by atoms with Crippen LogP contribution in [0.25, 0.3) is 0 Å². The van der Waals surface area contributed by atoms with Gasteiger partial charge in [0.2, 0.25) is 0 Å². The second-order valence-electron chi connectivity index (χ2n) is 6.42.